The maximum atomic E-state index is 12.2. The molecule has 0 aliphatic rings. The molecule has 0 atom stereocenters. The van der Waals surface area contributed by atoms with Gasteiger partial charge in [-0.2, -0.15) is 0 Å². The molecule has 1 aromatic carbocycles. The normalized spacial score (nSPS) is 10.4. The largest absolute Gasteiger partial charge is 0.347 e. The highest BCUT2D eigenvalue weighted by Crippen LogP contribution is 2.19. The van der Waals surface area contributed by atoms with Gasteiger partial charge in [0, 0.05) is 51.2 Å². The second-order valence-electron chi connectivity index (χ2n) is 6.55. The first-order valence-electron chi connectivity index (χ1n) is 8.97. The lowest BCUT2D eigenvalue weighted by molar-refractivity contribution is -0.128. The third kappa shape index (κ3) is 5.01. The average molecular weight is 374 g/mol. The van der Waals surface area contributed by atoms with E-state index in [9.17, 15) is 9.59 Å². The predicted octanol–water partition coefficient (Wildman–Crippen LogP) is 3.05. The number of hydrogen-bond acceptors (Lipinski definition) is 4. The molecule has 0 radical (unpaired) electrons. The molecule has 6 heteroatoms. The second-order valence-corrected chi connectivity index (χ2v) is 6.55. The van der Waals surface area contributed by atoms with E-state index in [4.69, 9.17) is 0 Å². The van der Waals surface area contributed by atoms with Gasteiger partial charge in [-0.25, -0.2) is 0 Å². The number of aromatic nitrogens is 2. The predicted molar refractivity (Wildman–Crippen MR) is 107 cm³/mol. The molecule has 0 saturated heterocycles. The summed E-state index contributed by atoms with van der Waals surface area (Å²) in [6, 6.07) is 15.3. The fraction of sp³-hybridized carbons (Fsp3) is 0.182. The lowest BCUT2D eigenvalue weighted by Crippen LogP contribution is -2.23. The van der Waals surface area contributed by atoms with E-state index in [2.05, 4.69) is 15.3 Å². The highest BCUT2D eigenvalue weighted by atomic mass is 16.2. The van der Waals surface area contributed by atoms with E-state index < -0.39 is 0 Å². The van der Waals surface area contributed by atoms with Crippen molar-refractivity contribution < 1.29 is 9.59 Å². The summed E-state index contributed by atoms with van der Waals surface area (Å²) in [5.41, 5.74) is 4.29. The number of rotatable bonds is 6. The summed E-state index contributed by atoms with van der Waals surface area (Å²) >= 11 is 0. The van der Waals surface area contributed by atoms with Crippen molar-refractivity contribution in [2.24, 2.45) is 0 Å². The molecule has 0 bridgehead atoms. The molecular formula is C22H22N4O2. The highest BCUT2D eigenvalue weighted by Gasteiger charge is 2.08. The van der Waals surface area contributed by atoms with Gasteiger partial charge >= 0.3 is 0 Å². The minimum Gasteiger partial charge on any atom is -0.347 e. The lowest BCUT2D eigenvalue weighted by Gasteiger charge is -2.15. The van der Waals surface area contributed by atoms with Gasteiger partial charge in [-0.15, -0.1) is 0 Å². The minimum absolute atomic E-state index is 0.0330. The Bertz CT molecular complexity index is 939. The fourth-order valence-corrected chi connectivity index (χ4v) is 2.66. The molecule has 0 aliphatic carbocycles. The maximum absolute atomic E-state index is 12.2. The van der Waals surface area contributed by atoms with Crippen LogP contribution >= 0.6 is 0 Å². The molecule has 3 aromatic rings. The monoisotopic (exact) mass is 374 g/mol. The topological polar surface area (TPSA) is 75.2 Å². The van der Waals surface area contributed by atoms with Crippen molar-refractivity contribution in [2.45, 2.75) is 20.0 Å². The smallest absolute Gasteiger partial charge is 0.270 e. The van der Waals surface area contributed by atoms with Crippen LogP contribution in [0.2, 0.25) is 0 Å². The number of nitrogens with zero attached hydrogens (tertiary/aromatic N) is 3. The van der Waals surface area contributed by atoms with Gasteiger partial charge in [-0.1, -0.05) is 36.4 Å². The molecule has 6 nitrogen and oxygen atoms in total. The molecule has 2 heterocycles. The van der Waals surface area contributed by atoms with Crippen LogP contribution in [0.3, 0.4) is 0 Å². The summed E-state index contributed by atoms with van der Waals surface area (Å²) < 4.78 is 0. The quantitative estimate of drug-likeness (QED) is 0.720. The number of amides is 2. The highest BCUT2D eigenvalue weighted by molar-refractivity contribution is 5.92. The molecule has 0 saturated carbocycles. The van der Waals surface area contributed by atoms with Gasteiger partial charge in [0.1, 0.15) is 5.69 Å². The van der Waals surface area contributed by atoms with E-state index in [0.717, 1.165) is 22.3 Å². The van der Waals surface area contributed by atoms with Crippen LogP contribution in [-0.4, -0.2) is 33.7 Å². The third-order valence-electron chi connectivity index (χ3n) is 4.42. The van der Waals surface area contributed by atoms with Crippen molar-refractivity contribution in [3.8, 4) is 11.1 Å². The molecule has 2 aromatic heterocycles. The molecule has 0 aliphatic heterocycles. The Morgan fingerprint density at radius 1 is 0.964 bits per heavy atom. The zero-order valence-electron chi connectivity index (χ0n) is 15.9. The van der Waals surface area contributed by atoms with E-state index in [1.54, 1.807) is 43.5 Å². The Morgan fingerprint density at radius 2 is 1.71 bits per heavy atom. The summed E-state index contributed by atoms with van der Waals surface area (Å²) in [5, 5.41) is 2.84. The number of benzene rings is 1. The first kappa shape index (κ1) is 19.2. The fourth-order valence-electron chi connectivity index (χ4n) is 2.66. The molecule has 0 spiro atoms. The Labute approximate surface area is 164 Å². The first-order chi connectivity index (χ1) is 13.5. The van der Waals surface area contributed by atoms with Gasteiger partial charge in [-0.3, -0.25) is 19.6 Å². The second kappa shape index (κ2) is 8.90. The summed E-state index contributed by atoms with van der Waals surface area (Å²) in [6.07, 6.45) is 5.10. The van der Waals surface area contributed by atoms with E-state index in [0.29, 0.717) is 18.8 Å². The number of carbonyl (C=O) groups is 2. The molecule has 1 N–H and O–H groups in total. The van der Waals surface area contributed by atoms with E-state index in [1.807, 2.05) is 42.5 Å². The molecule has 0 fully saturated rings. The van der Waals surface area contributed by atoms with Crippen molar-refractivity contribution >= 4 is 11.8 Å². The Balaban J connectivity index is 1.62. The van der Waals surface area contributed by atoms with Crippen molar-refractivity contribution in [1.82, 2.24) is 20.2 Å². The standard InChI is InChI=1S/C22H22N4O2/c1-16(27)26(2)15-17-5-7-19(8-6-17)20-9-10-21(24-14-20)22(28)25-13-18-4-3-11-23-12-18/h3-12,14H,13,15H2,1-2H3,(H,25,28). The van der Waals surface area contributed by atoms with Crippen LogP contribution in [0.1, 0.15) is 28.5 Å². The van der Waals surface area contributed by atoms with Crippen molar-refractivity contribution in [3.05, 3.63) is 83.9 Å². The van der Waals surface area contributed by atoms with Gasteiger partial charge in [0.05, 0.1) is 0 Å². The Morgan fingerprint density at radius 3 is 2.32 bits per heavy atom. The zero-order valence-corrected chi connectivity index (χ0v) is 15.9. The van der Waals surface area contributed by atoms with Crippen LogP contribution in [0.15, 0.2) is 67.1 Å². The number of nitrogens with one attached hydrogen (secondary N) is 1. The number of hydrogen-bond donors (Lipinski definition) is 1. The van der Waals surface area contributed by atoms with Crippen LogP contribution in [0.5, 0.6) is 0 Å². The van der Waals surface area contributed by atoms with Gasteiger partial charge in [0.15, 0.2) is 0 Å². The number of carbonyl (C=O) groups excluding carboxylic acids is 2. The molecule has 142 valence electrons. The zero-order chi connectivity index (χ0) is 19.9. The molecular weight excluding hydrogens is 352 g/mol. The Hall–Kier alpha value is -3.54. The van der Waals surface area contributed by atoms with Crippen molar-refractivity contribution in [3.63, 3.8) is 0 Å². The van der Waals surface area contributed by atoms with Crippen LogP contribution in [0.4, 0.5) is 0 Å². The Kier molecular flexibility index (Phi) is 6.11. The maximum Gasteiger partial charge on any atom is 0.270 e. The van der Waals surface area contributed by atoms with Crippen LogP contribution in [-0.2, 0) is 17.9 Å². The van der Waals surface area contributed by atoms with Crippen molar-refractivity contribution in [1.29, 1.82) is 0 Å². The van der Waals surface area contributed by atoms with E-state index >= 15 is 0 Å². The van der Waals surface area contributed by atoms with E-state index in [1.165, 1.54) is 0 Å². The number of pyridine rings is 2. The first-order valence-corrected chi connectivity index (χ1v) is 8.97. The van der Waals surface area contributed by atoms with Gasteiger partial charge in [-0.05, 0) is 28.8 Å². The summed E-state index contributed by atoms with van der Waals surface area (Å²) in [6.45, 7) is 2.53. The van der Waals surface area contributed by atoms with Crippen LogP contribution in [0, 0.1) is 0 Å². The van der Waals surface area contributed by atoms with Gasteiger partial charge in [0.2, 0.25) is 5.91 Å². The summed E-state index contributed by atoms with van der Waals surface area (Å²) in [7, 11) is 1.78. The van der Waals surface area contributed by atoms with Crippen LogP contribution in [0.25, 0.3) is 11.1 Å². The molecule has 2 amide bonds. The average Bonchev–Trinajstić information content (AvgIpc) is 2.73. The summed E-state index contributed by atoms with van der Waals surface area (Å²) in [5.74, 6) is -0.191. The lowest BCUT2D eigenvalue weighted by atomic mass is 10.0. The SMILES string of the molecule is CC(=O)N(C)Cc1ccc(-c2ccc(C(=O)NCc3cccnc3)nc2)cc1. The van der Waals surface area contributed by atoms with Gasteiger partial charge in [0.25, 0.3) is 5.91 Å². The van der Waals surface area contributed by atoms with E-state index in [-0.39, 0.29) is 11.8 Å². The molecule has 28 heavy (non-hydrogen) atoms. The summed E-state index contributed by atoms with van der Waals surface area (Å²) in [4.78, 5) is 33.5. The third-order valence-corrected chi connectivity index (χ3v) is 4.42. The van der Waals surface area contributed by atoms with Crippen molar-refractivity contribution in [2.75, 3.05) is 7.05 Å². The minimum atomic E-state index is -0.224. The molecule has 0 unspecified atom stereocenters. The van der Waals surface area contributed by atoms with Gasteiger partial charge < -0.3 is 10.2 Å². The van der Waals surface area contributed by atoms with Crippen LogP contribution < -0.4 is 5.32 Å². The molecule has 3 rings (SSSR count).